The first-order valence-electron chi connectivity index (χ1n) is 12.1. The molecule has 9 nitrogen and oxygen atoms in total. The van der Waals surface area contributed by atoms with Crippen molar-refractivity contribution in [3.05, 3.63) is 87.6 Å². The van der Waals surface area contributed by atoms with Crippen LogP contribution < -0.4 is 16.6 Å². The first-order valence-corrected chi connectivity index (χ1v) is 12.1. The summed E-state index contributed by atoms with van der Waals surface area (Å²) in [4.78, 5) is 40.5. The first-order chi connectivity index (χ1) is 17.8. The van der Waals surface area contributed by atoms with E-state index in [9.17, 15) is 9.59 Å². The monoisotopic (exact) mass is 497 g/mol. The molecule has 0 atom stereocenters. The number of hydrogen-bond acceptors (Lipinski definition) is 7. The van der Waals surface area contributed by atoms with Crippen LogP contribution in [0.25, 0.3) is 22.7 Å². The van der Waals surface area contributed by atoms with E-state index in [1.54, 1.807) is 24.7 Å². The lowest BCUT2D eigenvalue weighted by Crippen LogP contribution is -2.25. The maximum absolute atomic E-state index is 13.6. The Morgan fingerprint density at radius 2 is 1.81 bits per heavy atom. The number of carbonyl (C=O) groups excluding carboxylic acids is 1. The summed E-state index contributed by atoms with van der Waals surface area (Å²) in [6, 6.07) is 15.3. The number of fused-ring (bicyclic) bond motifs is 1. The van der Waals surface area contributed by atoms with E-state index in [1.807, 2.05) is 62.4 Å². The average Bonchev–Trinajstić information content (AvgIpc) is 2.86. The number of para-hydroxylation sites is 1. The molecule has 0 saturated carbocycles. The minimum Gasteiger partial charge on any atom is -0.369 e. The molecule has 0 unspecified atom stereocenters. The molecule has 0 spiro atoms. The number of amides is 1. The molecule has 1 amide bonds. The zero-order valence-corrected chi connectivity index (χ0v) is 21.5. The third-order valence-corrected chi connectivity index (χ3v) is 6.05. The minimum atomic E-state index is -0.140. The van der Waals surface area contributed by atoms with Crippen LogP contribution in [-0.4, -0.2) is 51.0 Å². The quantitative estimate of drug-likeness (QED) is 0.282. The Morgan fingerprint density at radius 1 is 1.05 bits per heavy atom. The van der Waals surface area contributed by atoms with E-state index in [4.69, 9.17) is 10.7 Å². The van der Waals surface area contributed by atoms with Gasteiger partial charge < -0.3 is 16.0 Å². The highest BCUT2D eigenvalue weighted by molar-refractivity contribution is 5.92. The Hall–Kier alpha value is -4.53. The molecule has 4 aromatic rings. The summed E-state index contributed by atoms with van der Waals surface area (Å²) in [5.41, 5.74) is 9.55. The van der Waals surface area contributed by atoms with Crippen LogP contribution in [0.5, 0.6) is 0 Å². The van der Waals surface area contributed by atoms with E-state index < -0.39 is 0 Å². The van der Waals surface area contributed by atoms with Crippen molar-refractivity contribution in [3.63, 3.8) is 0 Å². The van der Waals surface area contributed by atoms with Crippen LogP contribution in [-0.2, 0) is 11.2 Å². The summed E-state index contributed by atoms with van der Waals surface area (Å²) in [6.07, 6.45) is 4.41. The predicted molar refractivity (Wildman–Crippen MR) is 148 cm³/mol. The van der Waals surface area contributed by atoms with Crippen molar-refractivity contribution in [2.75, 3.05) is 31.7 Å². The number of likely N-dealkylation sites (N-methyl/N-ethyl adjacent to an activating group) is 1. The van der Waals surface area contributed by atoms with Gasteiger partial charge in [-0.25, -0.2) is 9.97 Å². The largest absolute Gasteiger partial charge is 0.369 e. The fourth-order valence-corrected chi connectivity index (χ4v) is 4.15. The van der Waals surface area contributed by atoms with Gasteiger partial charge in [0.05, 0.1) is 22.3 Å². The van der Waals surface area contributed by atoms with Crippen LogP contribution in [0, 0.1) is 13.8 Å². The van der Waals surface area contributed by atoms with Crippen molar-refractivity contribution < 1.29 is 4.79 Å². The van der Waals surface area contributed by atoms with E-state index >= 15 is 0 Å². The summed E-state index contributed by atoms with van der Waals surface area (Å²) in [7, 11) is 3.38. The number of hydrogen-bond donors (Lipinski definition) is 2. The highest BCUT2D eigenvalue weighted by Crippen LogP contribution is 2.20. The molecule has 3 N–H and O–H groups in total. The van der Waals surface area contributed by atoms with E-state index in [0.717, 1.165) is 11.3 Å². The second kappa shape index (κ2) is 11.0. The first kappa shape index (κ1) is 25.6. The molecule has 0 aliphatic heterocycles. The molecule has 2 aromatic heterocycles. The summed E-state index contributed by atoms with van der Waals surface area (Å²) in [5.74, 6) is 1.25. The number of benzene rings is 2. The van der Waals surface area contributed by atoms with Gasteiger partial charge in [-0.2, -0.15) is 4.98 Å². The molecule has 2 aromatic carbocycles. The Labute approximate surface area is 215 Å². The zero-order valence-electron chi connectivity index (χ0n) is 21.5. The third-order valence-electron chi connectivity index (χ3n) is 6.05. The molecular weight excluding hydrogens is 466 g/mol. The highest BCUT2D eigenvalue weighted by atomic mass is 16.2. The van der Waals surface area contributed by atoms with Gasteiger partial charge in [0.25, 0.3) is 5.56 Å². The van der Waals surface area contributed by atoms with E-state index in [1.165, 1.54) is 11.0 Å². The van der Waals surface area contributed by atoms with Crippen molar-refractivity contribution >= 4 is 34.7 Å². The van der Waals surface area contributed by atoms with Gasteiger partial charge in [-0.05, 0) is 50.1 Å². The zero-order chi connectivity index (χ0) is 26.5. The maximum atomic E-state index is 13.6. The van der Waals surface area contributed by atoms with Gasteiger partial charge in [0.15, 0.2) is 0 Å². The summed E-state index contributed by atoms with van der Waals surface area (Å²) in [5, 5.41) is 3.94. The summed E-state index contributed by atoms with van der Waals surface area (Å²) in [6.45, 7) is 4.30. The van der Waals surface area contributed by atoms with Crippen molar-refractivity contribution in [1.29, 1.82) is 0 Å². The molecule has 9 heteroatoms. The molecule has 4 rings (SSSR count). The average molecular weight is 498 g/mol. The molecule has 0 fully saturated rings. The lowest BCUT2D eigenvalue weighted by atomic mass is 10.1. The van der Waals surface area contributed by atoms with Crippen LogP contribution in [0.3, 0.4) is 0 Å². The fourth-order valence-electron chi connectivity index (χ4n) is 4.15. The van der Waals surface area contributed by atoms with Crippen LogP contribution in [0.1, 0.15) is 29.1 Å². The summed E-state index contributed by atoms with van der Waals surface area (Å²) < 4.78 is 1.70. The molecule has 190 valence electrons. The number of anilines is 2. The molecule has 2 heterocycles. The number of rotatable bonds is 8. The second-order valence-corrected chi connectivity index (χ2v) is 9.00. The van der Waals surface area contributed by atoms with E-state index in [2.05, 4.69) is 15.3 Å². The normalized spacial score (nSPS) is 11.2. The number of aryl methyl sites for hydroxylation is 3. The lowest BCUT2D eigenvalue weighted by Gasteiger charge is -2.15. The Bertz CT molecular complexity index is 1530. The smallest absolute Gasteiger partial charge is 0.266 e. The van der Waals surface area contributed by atoms with Gasteiger partial charge in [-0.15, -0.1) is 0 Å². The highest BCUT2D eigenvalue weighted by Gasteiger charge is 2.15. The lowest BCUT2D eigenvalue weighted by molar-refractivity contribution is -0.123. The third kappa shape index (κ3) is 5.66. The van der Waals surface area contributed by atoms with Gasteiger partial charge in [-0.3, -0.25) is 14.2 Å². The topological polar surface area (TPSA) is 119 Å². The van der Waals surface area contributed by atoms with Crippen molar-refractivity contribution in [1.82, 2.24) is 24.4 Å². The number of nitrogen functional groups attached to an aromatic ring is 1. The molecule has 37 heavy (non-hydrogen) atoms. The fraction of sp³-hybridized carbons (Fsp3) is 0.250. The van der Waals surface area contributed by atoms with E-state index in [0.29, 0.717) is 53.2 Å². The maximum Gasteiger partial charge on any atom is 0.266 e. The number of nitrogens with one attached hydrogen (secondary N) is 1. The van der Waals surface area contributed by atoms with Gasteiger partial charge in [-0.1, -0.05) is 30.3 Å². The number of nitrogens with two attached hydrogens (primary N) is 1. The molecule has 0 aliphatic rings. The Kier molecular flexibility index (Phi) is 7.62. The number of nitrogens with zero attached hydrogens (tertiary/aromatic N) is 5. The van der Waals surface area contributed by atoms with Crippen LogP contribution in [0.2, 0.25) is 0 Å². The molecule has 0 aliphatic carbocycles. The number of carbonyl (C=O) groups is 1. The molecule has 0 radical (unpaired) electrons. The van der Waals surface area contributed by atoms with Crippen molar-refractivity contribution in [3.8, 4) is 5.69 Å². The standard InChI is InChI=1S/C28H31N7O2/c1-18-10-8-13-22-25(18)27(37)35(20-11-6-5-7-12-20)23(32-22)14-9-17-30-26-21(15-16-24(36)34(3)4)19(2)31-28(29)33-26/h5-8,10-13,15-16H,9,14,17H2,1-4H3,(H3,29,30,31,33)/b16-15+. The predicted octanol–water partition coefficient (Wildman–Crippen LogP) is 3.52. The number of aromatic nitrogens is 4. The second-order valence-electron chi connectivity index (χ2n) is 9.00. The van der Waals surface area contributed by atoms with Gasteiger partial charge in [0.2, 0.25) is 11.9 Å². The van der Waals surface area contributed by atoms with E-state index in [-0.39, 0.29) is 17.4 Å². The molecular formula is C28H31N7O2. The van der Waals surface area contributed by atoms with Crippen LogP contribution in [0.15, 0.2) is 59.4 Å². The summed E-state index contributed by atoms with van der Waals surface area (Å²) >= 11 is 0. The van der Waals surface area contributed by atoms with Crippen LogP contribution in [0.4, 0.5) is 11.8 Å². The minimum absolute atomic E-state index is 0.0746. The Balaban J connectivity index is 1.59. The van der Waals surface area contributed by atoms with Crippen LogP contribution >= 0.6 is 0 Å². The van der Waals surface area contributed by atoms with Gasteiger partial charge in [0.1, 0.15) is 11.6 Å². The molecule has 0 bridgehead atoms. The van der Waals surface area contributed by atoms with Crippen molar-refractivity contribution in [2.24, 2.45) is 0 Å². The van der Waals surface area contributed by atoms with Crippen molar-refractivity contribution in [2.45, 2.75) is 26.7 Å². The molecule has 0 saturated heterocycles. The van der Waals surface area contributed by atoms with Gasteiger partial charge >= 0.3 is 0 Å². The SMILES string of the molecule is Cc1nc(N)nc(NCCCc2nc3cccc(C)c3c(=O)n2-c2ccccc2)c1/C=C/C(=O)N(C)C. The Morgan fingerprint density at radius 3 is 2.54 bits per heavy atom. The van der Waals surface area contributed by atoms with Gasteiger partial charge in [0, 0.05) is 38.7 Å².